The first kappa shape index (κ1) is 14.9. The number of amides is 1. The first-order chi connectivity index (χ1) is 9.56. The molecule has 1 amide bonds. The zero-order chi connectivity index (χ0) is 14.5. The second-order valence-corrected chi connectivity index (χ2v) is 5.60. The van der Waals surface area contributed by atoms with Gasteiger partial charge in [-0.1, -0.05) is 23.7 Å². The quantitative estimate of drug-likeness (QED) is 0.684. The van der Waals surface area contributed by atoms with E-state index in [-0.39, 0.29) is 18.0 Å². The lowest BCUT2D eigenvalue weighted by Crippen LogP contribution is -2.34. The molecule has 1 aliphatic rings. The van der Waals surface area contributed by atoms with E-state index in [0.29, 0.717) is 23.0 Å². The van der Waals surface area contributed by atoms with Crippen LogP contribution in [0.5, 0.6) is 0 Å². The summed E-state index contributed by atoms with van der Waals surface area (Å²) >= 11 is 6.00. The fourth-order valence-electron chi connectivity index (χ4n) is 1.65. The number of benzene rings is 1. The zero-order valence-corrected chi connectivity index (χ0v) is 12.5. The molecule has 0 heterocycles. The largest absolute Gasteiger partial charge is 0.462 e. The van der Waals surface area contributed by atoms with Gasteiger partial charge in [-0.3, -0.25) is 10.1 Å². The fourth-order valence-corrected chi connectivity index (χ4v) is 1.87. The molecule has 20 heavy (non-hydrogen) atoms. The molecular formula is C15H19ClN2O2. The Bertz CT molecular complexity index is 510. The predicted octanol–water partition coefficient (Wildman–Crippen LogP) is 3.26. The molecule has 0 radical (unpaired) electrons. The Balaban J connectivity index is 2.04. The van der Waals surface area contributed by atoms with Gasteiger partial charge < -0.3 is 4.74 Å². The summed E-state index contributed by atoms with van der Waals surface area (Å²) < 4.78 is 5.54. The van der Waals surface area contributed by atoms with Crippen LogP contribution in [-0.2, 0) is 4.74 Å². The summed E-state index contributed by atoms with van der Waals surface area (Å²) in [5.41, 5.74) is 0.417. The summed E-state index contributed by atoms with van der Waals surface area (Å²) in [4.78, 5) is 16.5. The van der Waals surface area contributed by atoms with E-state index in [1.54, 1.807) is 24.3 Å². The molecule has 1 aromatic rings. The summed E-state index contributed by atoms with van der Waals surface area (Å²) in [6.07, 6.45) is 2.37. The Labute approximate surface area is 124 Å². The lowest BCUT2D eigenvalue weighted by Gasteiger charge is -2.13. The molecule has 0 bridgehead atoms. The number of nitrogens with zero attached hydrogens (tertiary/aromatic N) is 1. The number of carbonyl (C=O) groups is 1. The van der Waals surface area contributed by atoms with E-state index < -0.39 is 0 Å². The van der Waals surface area contributed by atoms with Crippen molar-refractivity contribution in [3.05, 3.63) is 34.9 Å². The van der Waals surface area contributed by atoms with Crippen molar-refractivity contribution < 1.29 is 9.53 Å². The molecule has 108 valence electrons. The summed E-state index contributed by atoms with van der Waals surface area (Å²) in [7, 11) is 0. The molecule has 5 heteroatoms. The molecule has 2 rings (SSSR count). The van der Waals surface area contributed by atoms with Crippen LogP contribution in [0.4, 0.5) is 0 Å². The molecule has 0 unspecified atom stereocenters. The van der Waals surface area contributed by atoms with E-state index in [1.807, 2.05) is 13.8 Å². The van der Waals surface area contributed by atoms with Gasteiger partial charge in [-0.2, -0.15) is 0 Å². The number of carbonyl (C=O) groups excluding carboxylic acids is 1. The Kier molecular flexibility index (Phi) is 5.01. The van der Waals surface area contributed by atoms with Crippen molar-refractivity contribution in [1.29, 1.82) is 0 Å². The molecular weight excluding hydrogens is 276 g/mol. The van der Waals surface area contributed by atoms with Gasteiger partial charge in [-0.25, -0.2) is 4.99 Å². The van der Waals surface area contributed by atoms with Crippen LogP contribution >= 0.6 is 11.6 Å². The van der Waals surface area contributed by atoms with Gasteiger partial charge in [0.25, 0.3) is 11.9 Å². The molecule has 0 spiro atoms. The fraction of sp³-hybridized carbons (Fsp3) is 0.467. The maximum Gasteiger partial charge on any atom is 0.291 e. The van der Waals surface area contributed by atoms with Gasteiger partial charge in [0.05, 0.1) is 16.7 Å². The molecule has 0 atom stereocenters. The normalized spacial score (nSPS) is 15.3. The van der Waals surface area contributed by atoms with Crippen LogP contribution in [0.2, 0.25) is 5.02 Å². The topological polar surface area (TPSA) is 50.7 Å². The minimum atomic E-state index is -0.300. The third-order valence-corrected chi connectivity index (χ3v) is 3.21. The molecule has 1 fully saturated rings. The average Bonchev–Trinajstić information content (AvgIpc) is 3.19. The molecule has 4 nitrogen and oxygen atoms in total. The highest BCUT2D eigenvalue weighted by molar-refractivity contribution is 6.34. The summed E-state index contributed by atoms with van der Waals surface area (Å²) in [5, 5.41) is 3.11. The van der Waals surface area contributed by atoms with Crippen molar-refractivity contribution >= 4 is 23.5 Å². The van der Waals surface area contributed by atoms with E-state index in [2.05, 4.69) is 10.3 Å². The SMILES string of the molecule is CC(C)OC(=NCC1CC1)NC(=O)c1ccccc1Cl. The van der Waals surface area contributed by atoms with Crippen molar-refractivity contribution in [3.63, 3.8) is 0 Å². The van der Waals surface area contributed by atoms with Crippen LogP contribution in [0, 0.1) is 5.92 Å². The standard InChI is InChI=1S/C15H19ClN2O2/c1-10(2)20-15(17-9-11-7-8-11)18-14(19)12-5-3-4-6-13(12)16/h3-6,10-11H,7-9H2,1-2H3,(H,17,18,19). The number of aliphatic imine (C=N–C) groups is 1. The van der Waals surface area contributed by atoms with E-state index in [1.165, 1.54) is 12.8 Å². The Morgan fingerprint density at radius 1 is 1.45 bits per heavy atom. The maximum atomic E-state index is 12.2. The number of amidine groups is 1. The van der Waals surface area contributed by atoms with Crippen LogP contribution in [0.25, 0.3) is 0 Å². The molecule has 0 saturated heterocycles. The van der Waals surface area contributed by atoms with Crippen molar-refractivity contribution in [2.45, 2.75) is 32.8 Å². The highest BCUT2D eigenvalue weighted by Gasteiger charge is 2.21. The van der Waals surface area contributed by atoms with Gasteiger partial charge in [0.15, 0.2) is 0 Å². The van der Waals surface area contributed by atoms with Gasteiger partial charge in [0, 0.05) is 6.54 Å². The molecule has 1 aliphatic carbocycles. The van der Waals surface area contributed by atoms with Gasteiger partial charge in [0.2, 0.25) is 0 Å². The smallest absolute Gasteiger partial charge is 0.291 e. The highest BCUT2D eigenvalue weighted by Crippen LogP contribution is 2.28. The zero-order valence-electron chi connectivity index (χ0n) is 11.7. The van der Waals surface area contributed by atoms with E-state index in [4.69, 9.17) is 16.3 Å². The highest BCUT2D eigenvalue weighted by atomic mass is 35.5. The molecule has 1 N–H and O–H groups in total. The van der Waals surface area contributed by atoms with Gasteiger partial charge in [-0.05, 0) is 44.7 Å². The second-order valence-electron chi connectivity index (χ2n) is 5.19. The summed E-state index contributed by atoms with van der Waals surface area (Å²) in [6.45, 7) is 4.49. The van der Waals surface area contributed by atoms with Crippen LogP contribution < -0.4 is 5.32 Å². The number of hydrogen-bond acceptors (Lipinski definition) is 3. The van der Waals surface area contributed by atoms with Crippen molar-refractivity contribution in [1.82, 2.24) is 5.32 Å². The number of halogens is 1. The Morgan fingerprint density at radius 2 is 2.15 bits per heavy atom. The minimum Gasteiger partial charge on any atom is -0.462 e. The number of hydrogen-bond donors (Lipinski definition) is 1. The van der Waals surface area contributed by atoms with E-state index in [9.17, 15) is 4.79 Å². The number of rotatable bonds is 4. The van der Waals surface area contributed by atoms with Crippen molar-refractivity contribution in [3.8, 4) is 0 Å². The van der Waals surface area contributed by atoms with Crippen LogP contribution in [0.3, 0.4) is 0 Å². The van der Waals surface area contributed by atoms with Gasteiger partial charge >= 0.3 is 0 Å². The van der Waals surface area contributed by atoms with E-state index in [0.717, 1.165) is 0 Å². The number of ether oxygens (including phenoxy) is 1. The Hall–Kier alpha value is -1.55. The van der Waals surface area contributed by atoms with Crippen LogP contribution in [0.15, 0.2) is 29.3 Å². The van der Waals surface area contributed by atoms with Gasteiger partial charge in [0.1, 0.15) is 0 Å². The summed E-state index contributed by atoms with van der Waals surface area (Å²) in [6, 6.07) is 7.18. The average molecular weight is 295 g/mol. The van der Waals surface area contributed by atoms with Crippen LogP contribution in [-0.4, -0.2) is 24.6 Å². The molecule has 1 aromatic carbocycles. The van der Waals surface area contributed by atoms with Crippen LogP contribution in [0.1, 0.15) is 37.0 Å². The third-order valence-electron chi connectivity index (χ3n) is 2.88. The third kappa shape index (κ3) is 4.53. The maximum absolute atomic E-state index is 12.2. The molecule has 0 aliphatic heterocycles. The van der Waals surface area contributed by atoms with Crippen molar-refractivity contribution in [2.24, 2.45) is 10.9 Å². The number of nitrogens with one attached hydrogen (secondary N) is 1. The van der Waals surface area contributed by atoms with Crippen molar-refractivity contribution in [2.75, 3.05) is 6.54 Å². The lowest BCUT2D eigenvalue weighted by atomic mass is 10.2. The lowest BCUT2D eigenvalue weighted by molar-refractivity contribution is 0.0960. The first-order valence-electron chi connectivity index (χ1n) is 6.83. The summed E-state index contributed by atoms with van der Waals surface area (Å²) in [5.74, 6) is 0.337. The predicted molar refractivity (Wildman–Crippen MR) is 80.2 cm³/mol. The Morgan fingerprint density at radius 3 is 2.75 bits per heavy atom. The monoisotopic (exact) mass is 294 g/mol. The molecule has 0 aromatic heterocycles. The second kappa shape index (κ2) is 6.75. The first-order valence-corrected chi connectivity index (χ1v) is 7.21. The van der Waals surface area contributed by atoms with E-state index >= 15 is 0 Å². The van der Waals surface area contributed by atoms with Gasteiger partial charge in [-0.15, -0.1) is 0 Å². The minimum absolute atomic E-state index is 0.0421. The molecule has 1 saturated carbocycles.